The Bertz CT molecular complexity index is 1180. The number of benzene rings is 1. The Morgan fingerprint density at radius 2 is 2.07 bits per heavy atom. The van der Waals surface area contributed by atoms with Gasteiger partial charge >= 0.3 is 0 Å². The molecule has 0 saturated carbocycles. The van der Waals surface area contributed by atoms with Crippen LogP contribution >= 0.6 is 11.3 Å². The predicted octanol–water partition coefficient (Wildman–Crippen LogP) is 4.63. The molecule has 30 heavy (non-hydrogen) atoms. The summed E-state index contributed by atoms with van der Waals surface area (Å²) in [5, 5.41) is 5.11. The molecular formula is C22H23N5O2S. The van der Waals surface area contributed by atoms with Gasteiger partial charge in [0.05, 0.1) is 35.3 Å². The Hall–Kier alpha value is -3.26. The minimum absolute atomic E-state index is 0.0639. The number of methoxy groups -OCH3 is 1. The number of pyridine rings is 1. The van der Waals surface area contributed by atoms with Crippen LogP contribution in [-0.2, 0) is 6.54 Å². The third-order valence-corrected chi connectivity index (χ3v) is 5.71. The molecule has 8 heteroatoms. The molecule has 7 nitrogen and oxygen atoms in total. The molecular weight excluding hydrogens is 398 g/mol. The largest absolute Gasteiger partial charge is 0.497 e. The molecule has 0 radical (unpaired) electrons. The number of carbonyl (C=O) groups is 1. The number of thiazole rings is 1. The molecule has 0 aliphatic heterocycles. The maximum absolute atomic E-state index is 13.7. The van der Waals surface area contributed by atoms with Gasteiger partial charge in [-0.1, -0.05) is 17.4 Å². The summed E-state index contributed by atoms with van der Waals surface area (Å²) in [5.41, 5.74) is 2.95. The molecule has 0 unspecified atom stereocenters. The van der Waals surface area contributed by atoms with Gasteiger partial charge in [-0.05, 0) is 57.2 Å². The quantitative estimate of drug-likeness (QED) is 0.454. The summed E-state index contributed by atoms with van der Waals surface area (Å²) in [6, 6.07) is 13.3. The summed E-state index contributed by atoms with van der Waals surface area (Å²) in [5.74, 6) is 0.606. The minimum Gasteiger partial charge on any atom is -0.497 e. The molecule has 0 N–H and O–H groups in total. The number of aromatic nitrogens is 4. The minimum atomic E-state index is -0.152. The van der Waals surface area contributed by atoms with Crippen LogP contribution in [0.15, 0.2) is 48.7 Å². The summed E-state index contributed by atoms with van der Waals surface area (Å²) in [6.45, 7) is 6.23. The van der Waals surface area contributed by atoms with Gasteiger partial charge in [-0.25, -0.2) is 4.98 Å². The van der Waals surface area contributed by atoms with Crippen LogP contribution in [0, 0.1) is 6.92 Å². The SMILES string of the molecule is COc1ccc2nc(N(Cc3ccccn3)C(=O)c3cc(C)nn3C(C)C)sc2c1. The van der Waals surface area contributed by atoms with E-state index in [1.807, 2.05) is 63.2 Å². The molecule has 0 fully saturated rings. The number of anilines is 1. The van der Waals surface area contributed by atoms with E-state index < -0.39 is 0 Å². The van der Waals surface area contributed by atoms with Gasteiger partial charge < -0.3 is 4.74 Å². The topological polar surface area (TPSA) is 73.1 Å². The van der Waals surface area contributed by atoms with Gasteiger partial charge in [-0.15, -0.1) is 0 Å². The van der Waals surface area contributed by atoms with Crippen molar-refractivity contribution in [3.63, 3.8) is 0 Å². The van der Waals surface area contributed by atoms with E-state index in [2.05, 4.69) is 10.1 Å². The molecule has 0 aliphatic rings. The van der Waals surface area contributed by atoms with Crippen molar-refractivity contribution >= 4 is 32.6 Å². The first-order valence-corrected chi connectivity index (χ1v) is 10.5. The fourth-order valence-electron chi connectivity index (χ4n) is 3.22. The van der Waals surface area contributed by atoms with E-state index in [9.17, 15) is 4.79 Å². The maximum Gasteiger partial charge on any atom is 0.278 e. The summed E-state index contributed by atoms with van der Waals surface area (Å²) >= 11 is 1.45. The van der Waals surface area contributed by atoms with Crippen LogP contribution in [-0.4, -0.2) is 32.8 Å². The zero-order chi connectivity index (χ0) is 21.3. The molecule has 0 spiro atoms. The van der Waals surface area contributed by atoms with Crippen LogP contribution in [0.1, 0.15) is 41.8 Å². The number of nitrogens with zero attached hydrogens (tertiary/aromatic N) is 5. The van der Waals surface area contributed by atoms with Crippen molar-refractivity contribution in [1.82, 2.24) is 19.7 Å². The third-order valence-electron chi connectivity index (χ3n) is 4.67. The van der Waals surface area contributed by atoms with E-state index in [1.165, 1.54) is 11.3 Å². The third kappa shape index (κ3) is 3.91. The van der Waals surface area contributed by atoms with Crippen LogP contribution in [0.5, 0.6) is 5.75 Å². The van der Waals surface area contributed by atoms with Crippen molar-refractivity contribution in [3.05, 3.63) is 65.7 Å². The number of hydrogen-bond acceptors (Lipinski definition) is 6. The lowest BCUT2D eigenvalue weighted by Crippen LogP contribution is -2.32. The van der Waals surface area contributed by atoms with Gasteiger partial charge in [0.2, 0.25) is 0 Å². The fraction of sp³-hybridized carbons (Fsp3) is 0.273. The molecule has 0 aliphatic carbocycles. The Kier molecular flexibility index (Phi) is 5.50. The molecule has 3 heterocycles. The number of aryl methyl sites for hydroxylation is 1. The molecule has 0 atom stereocenters. The number of amides is 1. The standard InChI is InChI=1S/C22H23N5O2S/c1-14(2)27-19(11-15(3)25-27)21(28)26(13-16-7-5-6-10-23-16)22-24-18-9-8-17(29-4)12-20(18)30-22/h5-12,14H,13H2,1-4H3. The lowest BCUT2D eigenvalue weighted by Gasteiger charge is -2.21. The van der Waals surface area contributed by atoms with Crippen molar-refractivity contribution in [1.29, 1.82) is 0 Å². The number of fused-ring (bicyclic) bond motifs is 1. The Morgan fingerprint density at radius 1 is 1.23 bits per heavy atom. The highest BCUT2D eigenvalue weighted by Crippen LogP contribution is 2.33. The lowest BCUT2D eigenvalue weighted by atomic mass is 10.2. The molecule has 0 bridgehead atoms. The average molecular weight is 422 g/mol. The molecule has 0 saturated heterocycles. The van der Waals surface area contributed by atoms with E-state index in [0.29, 0.717) is 17.4 Å². The van der Waals surface area contributed by atoms with Gasteiger partial charge in [0, 0.05) is 12.2 Å². The van der Waals surface area contributed by atoms with Gasteiger partial charge in [-0.3, -0.25) is 19.4 Å². The van der Waals surface area contributed by atoms with Crippen molar-refractivity contribution in [2.45, 2.75) is 33.4 Å². The van der Waals surface area contributed by atoms with Crippen LogP contribution < -0.4 is 9.64 Å². The zero-order valence-electron chi connectivity index (χ0n) is 17.4. The van der Waals surface area contributed by atoms with Crippen LogP contribution in [0.3, 0.4) is 0 Å². The smallest absolute Gasteiger partial charge is 0.278 e. The van der Waals surface area contributed by atoms with Gasteiger partial charge in [-0.2, -0.15) is 5.10 Å². The number of rotatable bonds is 6. The normalized spacial score (nSPS) is 11.2. The van der Waals surface area contributed by atoms with Crippen molar-refractivity contribution in [3.8, 4) is 5.75 Å². The molecule has 4 rings (SSSR count). The van der Waals surface area contributed by atoms with E-state index in [-0.39, 0.29) is 11.9 Å². The second kappa shape index (κ2) is 8.23. The predicted molar refractivity (Wildman–Crippen MR) is 118 cm³/mol. The second-order valence-electron chi connectivity index (χ2n) is 7.25. The van der Waals surface area contributed by atoms with Gasteiger partial charge in [0.15, 0.2) is 5.13 Å². The first kappa shape index (κ1) is 20.0. The van der Waals surface area contributed by atoms with Crippen molar-refractivity contribution in [2.24, 2.45) is 0 Å². The molecule has 3 aromatic heterocycles. The fourth-order valence-corrected chi connectivity index (χ4v) is 4.22. The first-order valence-electron chi connectivity index (χ1n) is 9.68. The highest BCUT2D eigenvalue weighted by atomic mass is 32.1. The summed E-state index contributed by atoms with van der Waals surface area (Å²) in [6.07, 6.45) is 1.73. The Balaban J connectivity index is 1.79. The summed E-state index contributed by atoms with van der Waals surface area (Å²) in [7, 11) is 1.63. The van der Waals surface area contributed by atoms with Crippen LogP contribution in [0.2, 0.25) is 0 Å². The summed E-state index contributed by atoms with van der Waals surface area (Å²) < 4.78 is 8.04. The first-order chi connectivity index (χ1) is 14.5. The maximum atomic E-state index is 13.7. The number of carbonyl (C=O) groups excluding carboxylic acids is 1. The molecule has 154 valence electrons. The molecule has 4 aromatic rings. The van der Waals surface area contributed by atoms with Crippen LogP contribution in [0.4, 0.5) is 5.13 Å². The highest BCUT2D eigenvalue weighted by Gasteiger charge is 2.26. The average Bonchev–Trinajstić information content (AvgIpc) is 3.35. The molecule has 1 aromatic carbocycles. The van der Waals surface area contributed by atoms with E-state index in [0.717, 1.165) is 27.4 Å². The van der Waals surface area contributed by atoms with Crippen LogP contribution in [0.25, 0.3) is 10.2 Å². The molecule has 1 amide bonds. The zero-order valence-corrected chi connectivity index (χ0v) is 18.2. The highest BCUT2D eigenvalue weighted by molar-refractivity contribution is 7.22. The monoisotopic (exact) mass is 421 g/mol. The van der Waals surface area contributed by atoms with Crippen molar-refractivity contribution < 1.29 is 9.53 Å². The number of ether oxygens (including phenoxy) is 1. The van der Waals surface area contributed by atoms with Gasteiger partial charge in [0.25, 0.3) is 5.91 Å². The van der Waals surface area contributed by atoms with Crippen molar-refractivity contribution in [2.75, 3.05) is 12.0 Å². The Labute approximate surface area is 179 Å². The Morgan fingerprint density at radius 3 is 2.77 bits per heavy atom. The van der Waals surface area contributed by atoms with E-state index in [4.69, 9.17) is 9.72 Å². The number of hydrogen-bond donors (Lipinski definition) is 0. The van der Waals surface area contributed by atoms with E-state index in [1.54, 1.807) is 22.9 Å². The lowest BCUT2D eigenvalue weighted by molar-refractivity contribution is 0.0972. The van der Waals surface area contributed by atoms with Gasteiger partial charge in [0.1, 0.15) is 11.4 Å². The summed E-state index contributed by atoms with van der Waals surface area (Å²) in [4.78, 5) is 24.5. The second-order valence-corrected chi connectivity index (χ2v) is 8.26. The van der Waals surface area contributed by atoms with E-state index >= 15 is 0 Å².